The normalized spacial score (nSPS) is 21.7. The molecule has 1 aromatic rings. The molecule has 0 spiro atoms. The Hall–Kier alpha value is -1.35. The molecule has 1 N–H and O–H groups in total. The van der Waals surface area contributed by atoms with Gasteiger partial charge in [0.05, 0.1) is 6.67 Å². The maximum Gasteiger partial charge on any atom is 0.245 e. The zero-order chi connectivity index (χ0) is 13.1. The second-order valence-corrected chi connectivity index (χ2v) is 5.49. The van der Waals surface area contributed by atoms with Gasteiger partial charge in [-0.1, -0.05) is 51.1 Å². The molecule has 3 heteroatoms. The number of hydrogen-bond donors (Lipinski definition) is 1. The van der Waals surface area contributed by atoms with Gasteiger partial charge in [-0.3, -0.25) is 10.1 Å². The van der Waals surface area contributed by atoms with Crippen LogP contribution in [0.25, 0.3) is 0 Å². The highest BCUT2D eigenvalue weighted by Gasteiger charge is 2.32. The van der Waals surface area contributed by atoms with Crippen molar-refractivity contribution < 1.29 is 4.79 Å². The van der Waals surface area contributed by atoms with Crippen molar-refractivity contribution in [2.24, 2.45) is 11.8 Å². The molecule has 1 fully saturated rings. The van der Waals surface area contributed by atoms with E-state index in [-0.39, 0.29) is 11.9 Å². The molecule has 1 aliphatic rings. The minimum atomic E-state index is -0.162. The van der Waals surface area contributed by atoms with Crippen molar-refractivity contribution in [2.75, 3.05) is 13.2 Å². The molecule has 2 rings (SSSR count). The number of carbonyl (C=O) groups excluding carboxylic acids is 1. The number of benzene rings is 1. The summed E-state index contributed by atoms with van der Waals surface area (Å²) in [6, 6.07) is 9.77. The van der Waals surface area contributed by atoms with Crippen LogP contribution in [0, 0.1) is 11.8 Å². The van der Waals surface area contributed by atoms with Crippen LogP contribution in [-0.2, 0) is 4.79 Å². The first-order valence-corrected chi connectivity index (χ1v) is 6.66. The summed E-state index contributed by atoms with van der Waals surface area (Å²) in [4.78, 5) is 14.3. The molecule has 98 valence electrons. The summed E-state index contributed by atoms with van der Waals surface area (Å²) in [6.07, 6.45) is 0. The molecule has 1 aliphatic heterocycles. The van der Waals surface area contributed by atoms with Gasteiger partial charge in [0.15, 0.2) is 0 Å². The lowest BCUT2D eigenvalue weighted by atomic mass is 9.97. The van der Waals surface area contributed by atoms with Gasteiger partial charge in [0, 0.05) is 6.54 Å². The molecular weight excluding hydrogens is 224 g/mol. The second kappa shape index (κ2) is 5.53. The van der Waals surface area contributed by atoms with Crippen molar-refractivity contribution in [3.05, 3.63) is 35.9 Å². The smallest absolute Gasteiger partial charge is 0.245 e. The van der Waals surface area contributed by atoms with E-state index in [4.69, 9.17) is 0 Å². The number of rotatable bonds is 4. The first-order chi connectivity index (χ1) is 8.59. The number of amides is 1. The Bertz CT molecular complexity index is 402. The molecule has 3 nitrogen and oxygen atoms in total. The number of carbonyl (C=O) groups is 1. The van der Waals surface area contributed by atoms with Gasteiger partial charge in [-0.05, 0) is 17.4 Å². The van der Waals surface area contributed by atoms with E-state index in [0.29, 0.717) is 18.5 Å². The van der Waals surface area contributed by atoms with E-state index >= 15 is 0 Å². The van der Waals surface area contributed by atoms with Crippen molar-refractivity contribution >= 4 is 5.91 Å². The van der Waals surface area contributed by atoms with Gasteiger partial charge in [-0.15, -0.1) is 0 Å². The molecule has 2 atom stereocenters. The van der Waals surface area contributed by atoms with E-state index in [9.17, 15) is 4.79 Å². The highest BCUT2D eigenvalue weighted by atomic mass is 16.2. The minimum Gasteiger partial charge on any atom is -0.328 e. The molecule has 1 aromatic carbocycles. The fourth-order valence-corrected chi connectivity index (χ4v) is 2.17. The Morgan fingerprint density at radius 2 is 1.94 bits per heavy atom. The van der Waals surface area contributed by atoms with E-state index in [1.165, 1.54) is 0 Å². The Morgan fingerprint density at radius 3 is 2.56 bits per heavy atom. The van der Waals surface area contributed by atoms with Gasteiger partial charge in [-0.25, -0.2) is 0 Å². The number of hydrogen-bond acceptors (Lipinski definition) is 2. The van der Waals surface area contributed by atoms with Gasteiger partial charge in [0.2, 0.25) is 5.91 Å². The summed E-state index contributed by atoms with van der Waals surface area (Å²) in [5.74, 6) is 1.34. The zero-order valence-electron chi connectivity index (χ0n) is 11.4. The molecule has 0 bridgehead atoms. The summed E-state index contributed by atoms with van der Waals surface area (Å²) in [5, 5.41) is 3.29. The lowest BCUT2D eigenvalue weighted by molar-refractivity contribution is -0.129. The predicted molar refractivity (Wildman–Crippen MR) is 72.9 cm³/mol. The Labute approximate surface area is 109 Å². The number of nitrogens with one attached hydrogen (secondary N) is 1. The summed E-state index contributed by atoms with van der Waals surface area (Å²) in [7, 11) is 0. The average Bonchev–Trinajstić information content (AvgIpc) is 2.72. The highest BCUT2D eigenvalue weighted by Crippen LogP contribution is 2.22. The Kier molecular flexibility index (Phi) is 4.02. The van der Waals surface area contributed by atoms with E-state index in [2.05, 4.69) is 26.1 Å². The van der Waals surface area contributed by atoms with Crippen LogP contribution >= 0.6 is 0 Å². The van der Waals surface area contributed by atoms with Crippen molar-refractivity contribution in [3.8, 4) is 0 Å². The first kappa shape index (κ1) is 13.1. The van der Waals surface area contributed by atoms with Crippen LogP contribution in [0.5, 0.6) is 0 Å². The van der Waals surface area contributed by atoms with Gasteiger partial charge in [0.1, 0.15) is 6.04 Å². The third kappa shape index (κ3) is 2.72. The van der Waals surface area contributed by atoms with Crippen LogP contribution in [0.3, 0.4) is 0 Å². The van der Waals surface area contributed by atoms with E-state index in [1.54, 1.807) is 0 Å². The monoisotopic (exact) mass is 246 g/mol. The minimum absolute atomic E-state index is 0.162. The quantitative estimate of drug-likeness (QED) is 0.885. The van der Waals surface area contributed by atoms with Crippen molar-refractivity contribution in [3.63, 3.8) is 0 Å². The summed E-state index contributed by atoms with van der Waals surface area (Å²) in [6.45, 7) is 8.11. The Balaban J connectivity index is 2.02. The van der Waals surface area contributed by atoms with Crippen LogP contribution < -0.4 is 5.32 Å². The van der Waals surface area contributed by atoms with Gasteiger partial charge < -0.3 is 4.90 Å². The lowest BCUT2D eigenvalue weighted by Crippen LogP contribution is -2.32. The number of nitrogens with zero attached hydrogens (tertiary/aromatic N) is 1. The molecule has 1 saturated heterocycles. The molecule has 0 saturated carbocycles. The maximum atomic E-state index is 12.3. The van der Waals surface area contributed by atoms with Gasteiger partial charge >= 0.3 is 0 Å². The van der Waals surface area contributed by atoms with Gasteiger partial charge in [-0.2, -0.15) is 0 Å². The zero-order valence-corrected chi connectivity index (χ0v) is 11.4. The van der Waals surface area contributed by atoms with Gasteiger partial charge in [0.25, 0.3) is 0 Å². The fraction of sp³-hybridized carbons (Fsp3) is 0.533. The molecule has 18 heavy (non-hydrogen) atoms. The topological polar surface area (TPSA) is 32.3 Å². The molecule has 1 heterocycles. The van der Waals surface area contributed by atoms with Crippen molar-refractivity contribution in [2.45, 2.75) is 26.8 Å². The van der Waals surface area contributed by atoms with Crippen LogP contribution in [0.4, 0.5) is 0 Å². The van der Waals surface area contributed by atoms with E-state index in [0.717, 1.165) is 12.1 Å². The standard InChI is InChI=1S/C15H22N2O/c1-11(2)12(3)9-17-10-16-14(15(17)18)13-7-5-4-6-8-13/h4-8,11-12,14,16H,9-10H2,1-3H3. The largest absolute Gasteiger partial charge is 0.328 e. The maximum absolute atomic E-state index is 12.3. The molecular formula is C15H22N2O. The predicted octanol–water partition coefficient (Wildman–Crippen LogP) is 2.41. The first-order valence-electron chi connectivity index (χ1n) is 6.66. The average molecular weight is 246 g/mol. The lowest BCUT2D eigenvalue weighted by Gasteiger charge is -2.23. The molecule has 0 aliphatic carbocycles. The van der Waals surface area contributed by atoms with E-state index < -0.39 is 0 Å². The molecule has 2 unspecified atom stereocenters. The van der Waals surface area contributed by atoms with Crippen molar-refractivity contribution in [1.29, 1.82) is 0 Å². The fourth-order valence-electron chi connectivity index (χ4n) is 2.17. The molecule has 0 aromatic heterocycles. The second-order valence-electron chi connectivity index (χ2n) is 5.49. The highest BCUT2D eigenvalue weighted by molar-refractivity contribution is 5.85. The van der Waals surface area contributed by atoms with E-state index in [1.807, 2.05) is 35.2 Å². The van der Waals surface area contributed by atoms with Crippen LogP contribution in [0.2, 0.25) is 0 Å². The SMILES string of the molecule is CC(C)C(C)CN1CNC(c2ccccc2)C1=O. The van der Waals surface area contributed by atoms with Crippen LogP contribution in [-0.4, -0.2) is 24.0 Å². The Morgan fingerprint density at radius 1 is 1.28 bits per heavy atom. The van der Waals surface area contributed by atoms with Crippen LogP contribution in [0.15, 0.2) is 30.3 Å². The summed E-state index contributed by atoms with van der Waals surface area (Å²) < 4.78 is 0. The molecule has 0 radical (unpaired) electrons. The summed E-state index contributed by atoms with van der Waals surface area (Å²) in [5.41, 5.74) is 1.06. The van der Waals surface area contributed by atoms with Crippen molar-refractivity contribution in [1.82, 2.24) is 10.2 Å². The van der Waals surface area contributed by atoms with Crippen LogP contribution in [0.1, 0.15) is 32.4 Å². The molecule has 1 amide bonds. The third-order valence-electron chi connectivity index (χ3n) is 3.82. The summed E-state index contributed by atoms with van der Waals surface area (Å²) >= 11 is 0. The third-order valence-corrected chi connectivity index (χ3v) is 3.82.